The average molecular weight is 155 g/mol. The van der Waals surface area contributed by atoms with E-state index in [4.69, 9.17) is 5.73 Å². The molecule has 0 aliphatic heterocycles. The first-order valence-corrected chi connectivity index (χ1v) is 3.90. The third kappa shape index (κ3) is 1.43. The largest absolute Gasteiger partial charge is 0.326 e. The normalized spacial score (nSPS) is 9.80. The fourth-order valence-electron chi connectivity index (χ4n) is 0.667. The van der Waals surface area contributed by atoms with Crippen LogP contribution < -0.4 is 5.73 Å². The van der Waals surface area contributed by atoms with Gasteiger partial charge in [-0.2, -0.15) is 0 Å². The lowest BCUT2D eigenvalue weighted by molar-refractivity contribution is 0.102. The van der Waals surface area contributed by atoms with Gasteiger partial charge in [0.25, 0.3) is 0 Å². The van der Waals surface area contributed by atoms with Crippen molar-refractivity contribution >= 4 is 17.1 Å². The first-order valence-electron chi connectivity index (χ1n) is 3.02. The second-order valence-corrected chi connectivity index (χ2v) is 2.99. The van der Waals surface area contributed by atoms with Crippen molar-refractivity contribution in [2.45, 2.75) is 13.5 Å². The molecule has 0 aliphatic rings. The Morgan fingerprint density at radius 3 is 2.80 bits per heavy atom. The summed E-state index contributed by atoms with van der Waals surface area (Å²) in [5, 5.41) is 1.91. The van der Waals surface area contributed by atoms with Gasteiger partial charge >= 0.3 is 0 Å². The molecular weight excluding hydrogens is 146 g/mol. The van der Waals surface area contributed by atoms with Crippen molar-refractivity contribution in [1.29, 1.82) is 0 Å². The van der Waals surface area contributed by atoms with Crippen LogP contribution in [0.2, 0.25) is 0 Å². The molecule has 0 aliphatic carbocycles. The van der Waals surface area contributed by atoms with Gasteiger partial charge in [-0.05, 0) is 23.9 Å². The van der Waals surface area contributed by atoms with Crippen LogP contribution in [-0.2, 0) is 6.54 Å². The molecule has 0 aromatic carbocycles. The highest BCUT2D eigenvalue weighted by atomic mass is 32.1. The minimum absolute atomic E-state index is 0.115. The number of carbonyl (C=O) groups excluding carboxylic acids is 1. The molecule has 1 rings (SSSR count). The van der Waals surface area contributed by atoms with Gasteiger partial charge in [0.1, 0.15) is 0 Å². The van der Waals surface area contributed by atoms with E-state index >= 15 is 0 Å². The number of nitrogens with two attached hydrogens (primary N) is 1. The van der Waals surface area contributed by atoms with E-state index < -0.39 is 0 Å². The van der Waals surface area contributed by atoms with Crippen molar-refractivity contribution < 1.29 is 4.79 Å². The van der Waals surface area contributed by atoms with Crippen LogP contribution in [0.15, 0.2) is 11.4 Å². The van der Waals surface area contributed by atoms with Crippen LogP contribution in [0.5, 0.6) is 0 Å². The highest BCUT2D eigenvalue weighted by Gasteiger charge is 2.01. The summed E-state index contributed by atoms with van der Waals surface area (Å²) in [4.78, 5) is 11.5. The first-order chi connectivity index (χ1) is 4.74. The smallest absolute Gasteiger partial charge is 0.169 e. The first kappa shape index (κ1) is 7.44. The van der Waals surface area contributed by atoms with Crippen molar-refractivity contribution in [3.8, 4) is 0 Å². The Bertz CT molecular complexity index is 242. The Morgan fingerprint density at radius 1 is 1.80 bits per heavy atom. The molecule has 0 saturated heterocycles. The van der Waals surface area contributed by atoms with Gasteiger partial charge in [0.2, 0.25) is 0 Å². The monoisotopic (exact) mass is 155 g/mol. The van der Waals surface area contributed by atoms with Gasteiger partial charge in [0, 0.05) is 6.54 Å². The van der Waals surface area contributed by atoms with Crippen LogP contribution in [0, 0.1) is 0 Å². The second kappa shape index (κ2) is 2.94. The van der Waals surface area contributed by atoms with Gasteiger partial charge in [0.15, 0.2) is 5.78 Å². The van der Waals surface area contributed by atoms with Gasteiger partial charge in [-0.1, -0.05) is 0 Å². The Morgan fingerprint density at radius 2 is 2.50 bits per heavy atom. The summed E-state index contributed by atoms with van der Waals surface area (Å²) >= 11 is 1.45. The van der Waals surface area contributed by atoms with E-state index in [-0.39, 0.29) is 5.78 Å². The molecule has 1 aromatic heterocycles. The van der Waals surface area contributed by atoms with Crippen LogP contribution in [0.1, 0.15) is 22.2 Å². The third-order valence-electron chi connectivity index (χ3n) is 1.24. The highest BCUT2D eigenvalue weighted by Crippen LogP contribution is 2.14. The molecule has 2 N–H and O–H groups in total. The number of rotatable bonds is 2. The molecule has 0 amide bonds. The molecule has 1 aromatic rings. The van der Waals surface area contributed by atoms with Crippen LogP contribution in [0.3, 0.4) is 0 Å². The van der Waals surface area contributed by atoms with Crippen molar-refractivity contribution in [2.24, 2.45) is 5.73 Å². The van der Waals surface area contributed by atoms with Crippen molar-refractivity contribution in [1.82, 2.24) is 0 Å². The van der Waals surface area contributed by atoms with Gasteiger partial charge in [-0.3, -0.25) is 4.79 Å². The minimum atomic E-state index is 0.115. The van der Waals surface area contributed by atoms with E-state index in [0.29, 0.717) is 6.54 Å². The molecule has 10 heavy (non-hydrogen) atoms. The standard InChI is InChI=1S/C7H9NOS/c1-5(9)7-2-6(3-8)4-10-7/h2,4H,3,8H2,1H3. The Balaban J connectivity index is 2.88. The maximum Gasteiger partial charge on any atom is 0.169 e. The SMILES string of the molecule is CC(=O)c1cc(CN)cs1. The van der Waals surface area contributed by atoms with Crippen LogP contribution >= 0.6 is 11.3 Å². The lowest BCUT2D eigenvalue weighted by atomic mass is 10.3. The number of carbonyl (C=O) groups is 1. The fourth-order valence-corrected chi connectivity index (χ4v) is 1.50. The number of hydrogen-bond donors (Lipinski definition) is 1. The van der Waals surface area contributed by atoms with Crippen molar-refractivity contribution in [3.05, 3.63) is 21.9 Å². The maximum atomic E-state index is 10.7. The average Bonchev–Trinajstić information content (AvgIpc) is 2.34. The highest BCUT2D eigenvalue weighted by molar-refractivity contribution is 7.12. The molecule has 54 valence electrons. The van der Waals surface area contributed by atoms with Crippen molar-refractivity contribution in [3.63, 3.8) is 0 Å². The second-order valence-electron chi connectivity index (χ2n) is 2.08. The summed E-state index contributed by atoms with van der Waals surface area (Å²) in [6.07, 6.45) is 0. The number of hydrogen-bond acceptors (Lipinski definition) is 3. The predicted molar refractivity (Wildman–Crippen MR) is 42.2 cm³/mol. The van der Waals surface area contributed by atoms with E-state index in [0.717, 1.165) is 10.4 Å². The summed E-state index contributed by atoms with van der Waals surface area (Å²) in [5.74, 6) is 0.115. The number of ketones is 1. The molecule has 0 atom stereocenters. The molecule has 0 saturated carbocycles. The summed E-state index contributed by atoms with van der Waals surface area (Å²) in [7, 11) is 0. The Kier molecular flexibility index (Phi) is 2.19. The van der Waals surface area contributed by atoms with Crippen LogP contribution in [0.4, 0.5) is 0 Å². The zero-order valence-corrected chi connectivity index (χ0v) is 6.57. The van der Waals surface area contributed by atoms with Gasteiger partial charge < -0.3 is 5.73 Å². The lowest BCUT2D eigenvalue weighted by Crippen LogP contribution is -1.93. The van der Waals surface area contributed by atoms with Gasteiger partial charge in [-0.25, -0.2) is 0 Å². The lowest BCUT2D eigenvalue weighted by Gasteiger charge is -1.83. The third-order valence-corrected chi connectivity index (χ3v) is 2.32. The van der Waals surface area contributed by atoms with E-state index in [1.165, 1.54) is 11.3 Å². The summed E-state index contributed by atoms with van der Waals surface area (Å²) in [5.41, 5.74) is 6.40. The van der Waals surface area contributed by atoms with Gasteiger partial charge in [0.05, 0.1) is 4.88 Å². The van der Waals surface area contributed by atoms with Gasteiger partial charge in [-0.15, -0.1) is 11.3 Å². The fraction of sp³-hybridized carbons (Fsp3) is 0.286. The minimum Gasteiger partial charge on any atom is -0.326 e. The quantitative estimate of drug-likeness (QED) is 0.656. The van der Waals surface area contributed by atoms with Crippen LogP contribution in [-0.4, -0.2) is 5.78 Å². The molecule has 0 fully saturated rings. The van der Waals surface area contributed by atoms with E-state index in [1.54, 1.807) is 6.92 Å². The Hall–Kier alpha value is -0.670. The predicted octanol–water partition coefficient (Wildman–Crippen LogP) is 1.41. The Labute approximate surface area is 63.7 Å². The summed E-state index contributed by atoms with van der Waals surface area (Å²) < 4.78 is 0. The molecule has 0 unspecified atom stereocenters. The molecule has 0 spiro atoms. The number of Topliss-reactive ketones (excluding diaryl/α,β-unsaturated/α-hetero) is 1. The molecule has 0 bridgehead atoms. The molecular formula is C7H9NOS. The molecule has 0 radical (unpaired) electrons. The van der Waals surface area contributed by atoms with Crippen LogP contribution in [0.25, 0.3) is 0 Å². The number of thiophene rings is 1. The zero-order valence-electron chi connectivity index (χ0n) is 5.76. The van der Waals surface area contributed by atoms with E-state index in [9.17, 15) is 4.79 Å². The zero-order chi connectivity index (χ0) is 7.56. The maximum absolute atomic E-state index is 10.7. The topological polar surface area (TPSA) is 43.1 Å². The summed E-state index contributed by atoms with van der Waals surface area (Å²) in [6.45, 7) is 2.08. The van der Waals surface area contributed by atoms with E-state index in [2.05, 4.69) is 0 Å². The summed E-state index contributed by atoms with van der Waals surface area (Å²) in [6, 6.07) is 1.84. The van der Waals surface area contributed by atoms with Crippen molar-refractivity contribution in [2.75, 3.05) is 0 Å². The molecule has 1 heterocycles. The molecule has 2 nitrogen and oxygen atoms in total. The van der Waals surface area contributed by atoms with E-state index in [1.807, 2.05) is 11.4 Å². The molecule has 3 heteroatoms.